The topological polar surface area (TPSA) is 58.4 Å². The first-order valence-electron chi connectivity index (χ1n) is 6.30. The maximum absolute atomic E-state index is 12.0. The van der Waals surface area contributed by atoms with Gasteiger partial charge in [0.15, 0.2) is 0 Å². The summed E-state index contributed by atoms with van der Waals surface area (Å²) < 4.78 is 0.758. The third kappa shape index (κ3) is 4.40. The minimum absolute atomic E-state index is 0.0490. The van der Waals surface area contributed by atoms with Crippen LogP contribution in [0.4, 0.5) is 5.69 Å². The van der Waals surface area contributed by atoms with Crippen molar-refractivity contribution in [2.75, 3.05) is 43.4 Å². The molecule has 0 aliphatic carbocycles. The minimum Gasteiger partial charge on any atom is -0.398 e. The minimum atomic E-state index is -0.0490. The summed E-state index contributed by atoms with van der Waals surface area (Å²) in [4.78, 5) is 14.3. The van der Waals surface area contributed by atoms with Crippen molar-refractivity contribution in [1.29, 1.82) is 0 Å². The van der Waals surface area contributed by atoms with Gasteiger partial charge in [-0.2, -0.15) is 11.8 Å². The molecule has 0 saturated carbocycles. The summed E-state index contributed by atoms with van der Waals surface area (Å²) in [5, 5.41) is 2.94. The molecule has 0 atom stereocenters. The fourth-order valence-corrected chi connectivity index (χ4v) is 3.28. The van der Waals surface area contributed by atoms with Crippen LogP contribution in [0.2, 0.25) is 0 Å². The number of rotatable bonds is 4. The lowest BCUT2D eigenvalue weighted by atomic mass is 10.2. The van der Waals surface area contributed by atoms with Crippen molar-refractivity contribution in [1.82, 2.24) is 10.2 Å². The number of hydrogen-bond donors (Lipinski definition) is 2. The highest BCUT2D eigenvalue weighted by molar-refractivity contribution is 9.10. The summed E-state index contributed by atoms with van der Waals surface area (Å²) in [6.45, 7) is 3.84. The first-order chi connectivity index (χ1) is 9.16. The lowest BCUT2D eigenvalue weighted by Crippen LogP contribution is -2.39. The molecule has 0 aromatic heterocycles. The highest BCUT2D eigenvalue weighted by Crippen LogP contribution is 2.20. The van der Waals surface area contributed by atoms with E-state index in [1.165, 1.54) is 11.5 Å². The number of nitrogens with zero attached hydrogens (tertiary/aromatic N) is 1. The summed E-state index contributed by atoms with van der Waals surface area (Å²) in [6.07, 6.45) is 0. The molecule has 0 radical (unpaired) electrons. The first-order valence-corrected chi connectivity index (χ1v) is 8.25. The van der Waals surface area contributed by atoms with Crippen LogP contribution < -0.4 is 11.1 Å². The number of carbonyl (C=O) groups is 1. The number of hydrogen-bond acceptors (Lipinski definition) is 4. The Morgan fingerprint density at radius 1 is 1.42 bits per heavy atom. The molecule has 104 valence electrons. The Hall–Kier alpha value is -0.720. The van der Waals surface area contributed by atoms with E-state index in [2.05, 4.69) is 26.1 Å². The number of carbonyl (C=O) groups excluding carboxylic acids is 1. The van der Waals surface area contributed by atoms with Crippen LogP contribution in [-0.2, 0) is 0 Å². The maximum atomic E-state index is 12.0. The van der Waals surface area contributed by atoms with Gasteiger partial charge in [-0.3, -0.25) is 9.69 Å². The zero-order valence-electron chi connectivity index (χ0n) is 10.7. The van der Waals surface area contributed by atoms with Crippen LogP contribution in [0.3, 0.4) is 0 Å². The second-order valence-corrected chi connectivity index (χ2v) is 6.53. The van der Waals surface area contributed by atoms with Crippen LogP contribution in [0.15, 0.2) is 22.7 Å². The van der Waals surface area contributed by atoms with Gasteiger partial charge in [-0.1, -0.05) is 0 Å². The molecule has 1 aromatic rings. The molecule has 1 aromatic carbocycles. The number of anilines is 1. The van der Waals surface area contributed by atoms with Gasteiger partial charge in [-0.05, 0) is 34.1 Å². The molecule has 2 rings (SSSR count). The summed E-state index contributed by atoms with van der Waals surface area (Å²) in [5.74, 6) is 2.34. The smallest absolute Gasteiger partial charge is 0.251 e. The van der Waals surface area contributed by atoms with Gasteiger partial charge in [-0.25, -0.2) is 0 Å². The quantitative estimate of drug-likeness (QED) is 0.818. The third-order valence-corrected chi connectivity index (χ3v) is 4.71. The van der Waals surface area contributed by atoms with Gasteiger partial charge in [0.05, 0.1) is 0 Å². The van der Waals surface area contributed by atoms with E-state index in [-0.39, 0.29) is 5.91 Å². The van der Waals surface area contributed by atoms with E-state index in [4.69, 9.17) is 5.73 Å². The molecule has 0 unspecified atom stereocenters. The Morgan fingerprint density at radius 3 is 2.84 bits per heavy atom. The van der Waals surface area contributed by atoms with Crippen LogP contribution >= 0.6 is 27.7 Å². The van der Waals surface area contributed by atoms with E-state index < -0.39 is 0 Å². The van der Waals surface area contributed by atoms with Gasteiger partial charge in [-0.15, -0.1) is 0 Å². The number of thioether (sulfide) groups is 1. The highest BCUT2D eigenvalue weighted by atomic mass is 79.9. The molecule has 3 N–H and O–H groups in total. The number of nitrogen functional groups attached to an aromatic ring is 1. The van der Waals surface area contributed by atoms with Crippen molar-refractivity contribution >= 4 is 39.3 Å². The van der Waals surface area contributed by atoms with Crippen molar-refractivity contribution in [2.45, 2.75) is 0 Å². The Labute approximate surface area is 126 Å². The average molecular weight is 344 g/mol. The monoisotopic (exact) mass is 343 g/mol. The van der Waals surface area contributed by atoms with Crippen molar-refractivity contribution in [3.8, 4) is 0 Å². The van der Waals surface area contributed by atoms with E-state index in [1.807, 2.05) is 11.8 Å². The predicted octanol–water partition coefficient (Wildman–Crippen LogP) is 1.81. The Morgan fingerprint density at radius 2 is 2.16 bits per heavy atom. The molecule has 1 heterocycles. The van der Waals surface area contributed by atoms with Crippen LogP contribution in [-0.4, -0.2) is 48.5 Å². The van der Waals surface area contributed by atoms with Gasteiger partial charge in [0.25, 0.3) is 5.91 Å². The van der Waals surface area contributed by atoms with E-state index in [9.17, 15) is 4.79 Å². The largest absolute Gasteiger partial charge is 0.398 e. The SMILES string of the molecule is Nc1ccc(C(=O)NCCN2CCSCC2)cc1Br. The Bertz CT molecular complexity index is 450. The van der Waals surface area contributed by atoms with Crippen LogP contribution in [0.25, 0.3) is 0 Å². The Balaban J connectivity index is 1.78. The van der Waals surface area contributed by atoms with Gasteiger partial charge in [0.2, 0.25) is 0 Å². The van der Waals surface area contributed by atoms with E-state index in [0.717, 1.165) is 24.1 Å². The number of benzene rings is 1. The second-order valence-electron chi connectivity index (χ2n) is 4.45. The van der Waals surface area contributed by atoms with Gasteiger partial charge in [0, 0.05) is 53.4 Å². The van der Waals surface area contributed by atoms with E-state index in [1.54, 1.807) is 18.2 Å². The fourth-order valence-electron chi connectivity index (χ4n) is 1.92. The number of halogens is 1. The fraction of sp³-hybridized carbons (Fsp3) is 0.462. The van der Waals surface area contributed by atoms with Crippen LogP contribution in [0.5, 0.6) is 0 Å². The summed E-state index contributed by atoms with van der Waals surface area (Å²) in [5.41, 5.74) is 6.97. The zero-order valence-corrected chi connectivity index (χ0v) is 13.1. The van der Waals surface area contributed by atoms with Gasteiger partial charge < -0.3 is 11.1 Å². The molecule has 1 amide bonds. The highest BCUT2D eigenvalue weighted by Gasteiger charge is 2.11. The first kappa shape index (κ1) is 14.7. The normalized spacial score (nSPS) is 16.3. The second kappa shape index (κ2) is 7.17. The molecule has 1 fully saturated rings. The molecule has 0 spiro atoms. The van der Waals surface area contributed by atoms with Gasteiger partial charge >= 0.3 is 0 Å². The molecular weight excluding hydrogens is 326 g/mol. The number of amides is 1. The molecule has 19 heavy (non-hydrogen) atoms. The van der Waals surface area contributed by atoms with Crippen LogP contribution in [0, 0.1) is 0 Å². The predicted molar refractivity (Wildman–Crippen MR) is 84.7 cm³/mol. The lowest BCUT2D eigenvalue weighted by Gasteiger charge is -2.26. The molecule has 1 saturated heterocycles. The molecule has 0 bridgehead atoms. The van der Waals surface area contributed by atoms with Crippen molar-refractivity contribution in [2.24, 2.45) is 0 Å². The molecule has 1 aliphatic heterocycles. The average Bonchev–Trinajstić information content (AvgIpc) is 2.43. The van der Waals surface area contributed by atoms with Crippen molar-refractivity contribution in [3.63, 3.8) is 0 Å². The molecular formula is C13H18BrN3OS. The summed E-state index contributed by atoms with van der Waals surface area (Å²) in [6, 6.07) is 5.23. The van der Waals surface area contributed by atoms with E-state index in [0.29, 0.717) is 17.8 Å². The van der Waals surface area contributed by atoms with Crippen molar-refractivity contribution in [3.05, 3.63) is 28.2 Å². The van der Waals surface area contributed by atoms with Crippen LogP contribution in [0.1, 0.15) is 10.4 Å². The number of nitrogens with one attached hydrogen (secondary N) is 1. The third-order valence-electron chi connectivity index (χ3n) is 3.08. The Kier molecular flexibility index (Phi) is 5.54. The molecule has 1 aliphatic rings. The summed E-state index contributed by atoms with van der Waals surface area (Å²) >= 11 is 5.32. The maximum Gasteiger partial charge on any atom is 0.251 e. The van der Waals surface area contributed by atoms with Crippen molar-refractivity contribution < 1.29 is 4.79 Å². The van der Waals surface area contributed by atoms with E-state index >= 15 is 0 Å². The lowest BCUT2D eigenvalue weighted by molar-refractivity contribution is 0.0949. The molecule has 6 heteroatoms. The van der Waals surface area contributed by atoms with Gasteiger partial charge in [0.1, 0.15) is 0 Å². The number of nitrogens with two attached hydrogens (primary N) is 1. The standard InChI is InChI=1S/C13H18BrN3OS/c14-11-9-10(1-2-12(11)15)13(18)16-3-4-17-5-7-19-8-6-17/h1-2,9H,3-8,15H2,(H,16,18). The summed E-state index contributed by atoms with van der Waals surface area (Å²) in [7, 11) is 0. The zero-order chi connectivity index (χ0) is 13.7. The molecule has 4 nitrogen and oxygen atoms in total.